The van der Waals surface area contributed by atoms with E-state index in [9.17, 15) is 0 Å². The smallest absolute Gasteiger partial charge is 0.191 e. The standard InChI is InChI=1S/C19H30N4S/c1-6-8-12-23-18(17(7-2)22(4)5)20-21-19(23)24-14-16-11-9-10-15(3)13-16/h9-11,13,17H,6-8,12,14H2,1-5H3. The molecule has 1 aromatic carbocycles. The van der Waals surface area contributed by atoms with Crippen molar-refractivity contribution in [3.05, 3.63) is 41.2 Å². The average molecular weight is 347 g/mol. The highest BCUT2D eigenvalue weighted by molar-refractivity contribution is 7.98. The van der Waals surface area contributed by atoms with Crippen LogP contribution in [-0.4, -0.2) is 33.8 Å². The van der Waals surface area contributed by atoms with E-state index in [-0.39, 0.29) is 0 Å². The molecule has 0 N–H and O–H groups in total. The van der Waals surface area contributed by atoms with Crippen LogP contribution in [0.25, 0.3) is 0 Å². The second-order valence-electron chi connectivity index (χ2n) is 6.51. The van der Waals surface area contributed by atoms with Crippen LogP contribution in [0.3, 0.4) is 0 Å². The molecule has 0 aliphatic heterocycles. The predicted molar refractivity (Wildman–Crippen MR) is 102 cm³/mol. The number of aromatic nitrogens is 3. The van der Waals surface area contributed by atoms with E-state index in [0.29, 0.717) is 6.04 Å². The summed E-state index contributed by atoms with van der Waals surface area (Å²) in [6.07, 6.45) is 3.38. The second kappa shape index (κ2) is 9.23. The number of rotatable bonds is 9. The van der Waals surface area contributed by atoms with Gasteiger partial charge in [-0.05, 0) is 39.4 Å². The molecule has 5 heteroatoms. The molecule has 2 aromatic rings. The summed E-state index contributed by atoms with van der Waals surface area (Å²) in [6.45, 7) is 7.58. The van der Waals surface area contributed by atoms with Crippen LogP contribution in [0, 0.1) is 6.92 Å². The summed E-state index contributed by atoms with van der Waals surface area (Å²) in [5, 5.41) is 10.1. The van der Waals surface area contributed by atoms with Crippen molar-refractivity contribution < 1.29 is 0 Å². The van der Waals surface area contributed by atoms with Crippen molar-refractivity contribution in [1.82, 2.24) is 19.7 Å². The highest BCUT2D eigenvalue weighted by Crippen LogP contribution is 2.27. The van der Waals surface area contributed by atoms with Crippen molar-refractivity contribution in [1.29, 1.82) is 0 Å². The number of unbranched alkanes of at least 4 members (excludes halogenated alkanes) is 1. The summed E-state index contributed by atoms with van der Waals surface area (Å²) in [5.74, 6) is 2.03. The predicted octanol–water partition coefficient (Wildman–Crippen LogP) is 4.69. The van der Waals surface area contributed by atoms with Crippen molar-refractivity contribution in [2.24, 2.45) is 0 Å². The van der Waals surface area contributed by atoms with E-state index >= 15 is 0 Å². The third-order valence-corrected chi connectivity index (χ3v) is 5.28. The van der Waals surface area contributed by atoms with Gasteiger partial charge in [-0.2, -0.15) is 0 Å². The van der Waals surface area contributed by atoms with Crippen LogP contribution < -0.4 is 0 Å². The Bertz CT molecular complexity index is 636. The molecule has 1 atom stereocenters. The van der Waals surface area contributed by atoms with Gasteiger partial charge in [-0.25, -0.2) is 0 Å². The molecule has 0 amide bonds. The first-order valence-electron chi connectivity index (χ1n) is 8.84. The Morgan fingerprint density at radius 3 is 2.62 bits per heavy atom. The van der Waals surface area contributed by atoms with E-state index in [1.54, 1.807) is 11.8 Å². The molecule has 0 radical (unpaired) electrons. The third-order valence-electron chi connectivity index (χ3n) is 4.24. The third kappa shape index (κ3) is 4.84. The molecular weight excluding hydrogens is 316 g/mol. The van der Waals surface area contributed by atoms with Crippen LogP contribution in [0.1, 0.15) is 56.1 Å². The van der Waals surface area contributed by atoms with Crippen LogP contribution in [0.2, 0.25) is 0 Å². The van der Waals surface area contributed by atoms with Gasteiger partial charge in [0.2, 0.25) is 0 Å². The van der Waals surface area contributed by atoms with Gasteiger partial charge in [0.25, 0.3) is 0 Å². The SMILES string of the molecule is CCCCn1c(SCc2cccc(C)c2)nnc1C(CC)N(C)C. The van der Waals surface area contributed by atoms with Gasteiger partial charge in [0, 0.05) is 12.3 Å². The van der Waals surface area contributed by atoms with Gasteiger partial charge in [0.15, 0.2) is 11.0 Å². The molecule has 0 saturated carbocycles. The lowest BCUT2D eigenvalue weighted by molar-refractivity contribution is 0.270. The number of thioether (sulfide) groups is 1. The molecular formula is C19H30N4S. The van der Waals surface area contributed by atoms with Gasteiger partial charge < -0.3 is 4.57 Å². The topological polar surface area (TPSA) is 34.0 Å². The zero-order valence-electron chi connectivity index (χ0n) is 15.6. The maximum absolute atomic E-state index is 4.54. The first-order valence-corrected chi connectivity index (χ1v) is 9.83. The van der Waals surface area contributed by atoms with E-state index in [4.69, 9.17) is 0 Å². The number of nitrogens with zero attached hydrogens (tertiary/aromatic N) is 4. The van der Waals surface area contributed by atoms with Crippen molar-refractivity contribution in [3.8, 4) is 0 Å². The quantitative estimate of drug-likeness (QED) is 0.617. The zero-order chi connectivity index (χ0) is 17.5. The van der Waals surface area contributed by atoms with Gasteiger partial charge in [0.1, 0.15) is 0 Å². The second-order valence-corrected chi connectivity index (χ2v) is 7.45. The minimum Gasteiger partial charge on any atom is -0.305 e. The van der Waals surface area contributed by atoms with Crippen molar-refractivity contribution in [3.63, 3.8) is 0 Å². The molecule has 24 heavy (non-hydrogen) atoms. The zero-order valence-corrected chi connectivity index (χ0v) is 16.4. The fourth-order valence-corrected chi connectivity index (χ4v) is 3.82. The van der Waals surface area contributed by atoms with E-state index < -0.39 is 0 Å². The molecule has 0 fully saturated rings. The van der Waals surface area contributed by atoms with Crippen LogP contribution in [0.5, 0.6) is 0 Å². The Morgan fingerprint density at radius 2 is 2.00 bits per heavy atom. The molecule has 0 saturated heterocycles. The van der Waals surface area contributed by atoms with Gasteiger partial charge in [-0.1, -0.05) is 61.9 Å². The lowest BCUT2D eigenvalue weighted by atomic mass is 10.2. The molecule has 0 spiro atoms. The lowest BCUT2D eigenvalue weighted by Crippen LogP contribution is -2.23. The summed E-state index contributed by atoms with van der Waals surface area (Å²) in [7, 11) is 4.24. The first-order chi connectivity index (χ1) is 11.6. The summed E-state index contributed by atoms with van der Waals surface area (Å²) < 4.78 is 2.33. The summed E-state index contributed by atoms with van der Waals surface area (Å²) in [6, 6.07) is 9.01. The van der Waals surface area contributed by atoms with Crippen LogP contribution >= 0.6 is 11.8 Å². The molecule has 4 nitrogen and oxygen atoms in total. The van der Waals surface area contributed by atoms with Gasteiger partial charge in [-0.3, -0.25) is 4.90 Å². The van der Waals surface area contributed by atoms with Crippen LogP contribution in [0.4, 0.5) is 0 Å². The molecule has 0 aliphatic carbocycles. The molecule has 2 rings (SSSR count). The van der Waals surface area contributed by atoms with E-state index in [2.05, 4.69) is 78.8 Å². The van der Waals surface area contributed by atoms with E-state index in [1.165, 1.54) is 17.5 Å². The van der Waals surface area contributed by atoms with Crippen LogP contribution in [-0.2, 0) is 12.3 Å². The number of aryl methyl sites for hydroxylation is 1. The molecule has 132 valence electrons. The number of hydrogen-bond donors (Lipinski definition) is 0. The Morgan fingerprint density at radius 1 is 1.21 bits per heavy atom. The molecule has 0 aliphatic rings. The highest BCUT2D eigenvalue weighted by Gasteiger charge is 2.21. The van der Waals surface area contributed by atoms with Crippen molar-refractivity contribution in [2.75, 3.05) is 14.1 Å². The van der Waals surface area contributed by atoms with Gasteiger partial charge in [-0.15, -0.1) is 10.2 Å². The maximum atomic E-state index is 4.54. The van der Waals surface area contributed by atoms with E-state index in [0.717, 1.165) is 36.1 Å². The number of benzene rings is 1. The summed E-state index contributed by atoms with van der Waals surface area (Å²) in [5.41, 5.74) is 2.64. The molecule has 1 aromatic heterocycles. The maximum Gasteiger partial charge on any atom is 0.191 e. The summed E-state index contributed by atoms with van der Waals surface area (Å²) in [4.78, 5) is 2.24. The largest absolute Gasteiger partial charge is 0.305 e. The average Bonchev–Trinajstić information content (AvgIpc) is 2.94. The fraction of sp³-hybridized carbons (Fsp3) is 0.579. The highest BCUT2D eigenvalue weighted by atomic mass is 32.2. The van der Waals surface area contributed by atoms with Crippen molar-refractivity contribution in [2.45, 2.75) is 63.5 Å². The number of hydrogen-bond acceptors (Lipinski definition) is 4. The first kappa shape index (κ1) is 19.0. The van der Waals surface area contributed by atoms with Crippen molar-refractivity contribution >= 4 is 11.8 Å². The molecule has 1 unspecified atom stereocenters. The summed E-state index contributed by atoms with van der Waals surface area (Å²) >= 11 is 1.79. The Hall–Kier alpha value is -1.33. The Balaban J connectivity index is 2.20. The Kier molecular flexibility index (Phi) is 7.31. The fourth-order valence-electron chi connectivity index (χ4n) is 2.91. The minimum absolute atomic E-state index is 0.322. The minimum atomic E-state index is 0.322. The van der Waals surface area contributed by atoms with Gasteiger partial charge in [0.05, 0.1) is 6.04 Å². The lowest BCUT2D eigenvalue weighted by Gasteiger charge is -2.23. The monoisotopic (exact) mass is 346 g/mol. The Labute approximate surface area is 150 Å². The molecule has 1 heterocycles. The van der Waals surface area contributed by atoms with E-state index in [1.807, 2.05) is 0 Å². The molecule has 0 bridgehead atoms. The van der Waals surface area contributed by atoms with Crippen LogP contribution in [0.15, 0.2) is 29.4 Å². The normalized spacial score (nSPS) is 12.8. The van der Waals surface area contributed by atoms with Gasteiger partial charge >= 0.3 is 0 Å².